The molecule has 0 atom stereocenters. The Kier molecular flexibility index (Phi) is 6.16. The van der Waals surface area contributed by atoms with Gasteiger partial charge in [0.25, 0.3) is 0 Å². The molecule has 3 rings (SSSR count). The molecule has 4 nitrogen and oxygen atoms in total. The average molecular weight is 409 g/mol. The van der Waals surface area contributed by atoms with Crippen LogP contribution >= 0.6 is 0 Å². The summed E-state index contributed by atoms with van der Waals surface area (Å²) < 4.78 is 0. The zero-order chi connectivity index (χ0) is 22.1. The van der Waals surface area contributed by atoms with Gasteiger partial charge >= 0.3 is 6.03 Å². The van der Waals surface area contributed by atoms with E-state index in [0.29, 0.717) is 11.8 Å². The largest absolute Gasteiger partial charge is 0.507 e. The van der Waals surface area contributed by atoms with Gasteiger partial charge in [-0.25, -0.2) is 4.79 Å². The van der Waals surface area contributed by atoms with Gasteiger partial charge in [0.2, 0.25) is 0 Å². The zero-order valence-corrected chi connectivity index (χ0v) is 19.2. The fourth-order valence-electron chi connectivity index (χ4n) is 3.69. The van der Waals surface area contributed by atoms with Crippen LogP contribution in [0.15, 0.2) is 36.4 Å². The maximum Gasteiger partial charge on any atom is 0.319 e. The Balaban J connectivity index is 1.83. The molecule has 0 heterocycles. The molecule has 2 amide bonds. The quantitative estimate of drug-likeness (QED) is 0.563. The van der Waals surface area contributed by atoms with E-state index in [1.54, 1.807) is 0 Å². The first kappa shape index (κ1) is 22.2. The van der Waals surface area contributed by atoms with Gasteiger partial charge in [-0.2, -0.15) is 0 Å². The molecule has 3 N–H and O–H groups in total. The molecule has 1 saturated carbocycles. The number of urea groups is 1. The van der Waals surface area contributed by atoms with Gasteiger partial charge in [-0.05, 0) is 64.8 Å². The summed E-state index contributed by atoms with van der Waals surface area (Å²) >= 11 is 0. The fraction of sp³-hybridized carbons (Fsp3) is 0.500. The molecule has 0 bridgehead atoms. The minimum absolute atomic E-state index is 0.125. The van der Waals surface area contributed by atoms with E-state index in [1.165, 1.54) is 5.56 Å². The third-order valence-corrected chi connectivity index (χ3v) is 5.65. The van der Waals surface area contributed by atoms with Gasteiger partial charge in [0.1, 0.15) is 5.75 Å². The van der Waals surface area contributed by atoms with Crippen LogP contribution in [0.3, 0.4) is 0 Å². The van der Waals surface area contributed by atoms with Crippen molar-refractivity contribution >= 4 is 11.7 Å². The number of nitrogens with one attached hydrogen (secondary N) is 2. The summed E-state index contributed by atoms with van der Waals surface area (Å²) in [6.45, 7) is 12.8. The molecular formula is C26H36N2O2. The number of rotatable bonds is 5. The lowest BCUT2D eigenvalue weighted by Gasteiger charge is -2.28. The van der Waals surface area contributed by atoms with Crippen molar-refractivity contribution in [3.63, 3.8) is 0 Å². The number of phenolic OH excluding ortho intramolecular Hbond substituents is 1. The van der Waals surface area contributed by atoms with Gasteiger partial charge in [0.15, 0.2) is 0 Å². The van der Waals surface area contributed by atoms with E-state index in [4.69, 9.17) is 0 Å². The van der Waals surface area contributed by atoms with Gasteiger partial charge in [-0.15, -0.1) is 0 Å². The molecule has 2 aromatic rings. The maximum atomic E-state index is 12.2. The van der Waals surface area contributed by atoms with Gasteiger partial charge in [-0.1, -0.05) is 71.9 Å². The molecule has 2 aromatic carbocycles. The monoisotopic (exact) mass is 408 g/mol. The van der Waals surface area contributed by atoms with E-state index in [9.17, 15) is 9.90 Å². The van der Waals surface area contributed by atoms with Crippen LogP contribution in [0.2, 0.25) is 0 Å². The summed E-state index contributed by atoms with van der Waals surface area (Å²) in [5.41, 5.74) is 4.88. The van der Waals surface area contributed by atoms with Crippen LogP contribution in [0.4, 0.5) is 10.5 Å². The van der Waals surface area contributed by atoms with E-state index in [1.807, 2.05) is 18.2 Å². The Morgan fingerprint density at radius 1 is 0.967 bits per heavy atom. The number of para-hydroxylation sites is 1. The fourth-order valence-corrected chi connectivity index (χ4v) is 3.69. The molecule has 4 heteroatoms. The van der Waals surface area contributed by atoms with Crippen LogP contribution in [0.5, 0.6) is 5.75 Å². The number of phenols is 1. The molecule has 1 aliphatic rings. The lowest BCUT2D eigenvalue weighted by atomic mass is 9.78. The van der Waals surface area contributed by atoms with Crippen LogP contribution in [0.1, 0.15) is 76.6 Å². The minimum atomic E-state index is -0.138. The Labute approximate surface area is 181 Å². The van der Waals surface area contributed by atoms with E-state index in [2.05, 4.69) is 70.4 Å². The van der Waals surface area contributed by atoms with E-state index in [-0.39, 0.29) is 16.9 Å². The lowest BCUT2D eigenvalue weighted by molar-refractivity contribution is 0.251. The van der Waals surface area contributed by atoms with Crippen molar-refractivity contribution in [2.75, 3.05) is 5.32 Å². The van der Waals surface area contributed by atoms with Crippen LogP contribution in [-0.2, 0) is 23.7 Å². The number of hydrogen-bond acceptors (Lipinski definition) is 2. The van der Waals surface area contributed by atoms with Crippen molar-refractivity contribution in [3.05, 3.63) is 58.7 Å². The van der Waals surface area contributed by atoms with Gasteiger partial charge < -0.3 is 15.7 Å². The highest BCUT2D eigenvalue weighted by Gasteiger charge is 2.26. The zero-order valence-electron chi connectivity index (χ0n) is 19.2. The molecule has 1 aliphatic carbocycles. The van der Waals surface area contributed by atoms with Crippen LogP contribution < -0.4 is 10.6 Å². The molecule has 30 heavy (non-hydrogen) atoms. The molecule has 162 valence electrons. The van der Waals surface area contributed by atoms with E-state index >= 15 is 0 Å². The van der Waals surface area contributed by atoms with Crippen LogP contribution in [-0.4, -0.2) is 17.2 Å². The number of aromatic hydroxyl groups is 1. The minimum Gasteiger partial charge on any atom is -0.507 e. The highest BCUT2D eigenvalue weighted by molar-refractivity contribution is 5.90. The summed E-state index contributed by atoms with van der Waals surface area (Å²) in [6.07, 6.45) is 3.80. The summed E-state index contributed by atoms with van der Waals surface area (Å²) in [5, 5.41) is 16.9. The number of carbonyl (C=O) groups excluding carboxylic acids is 1. The molecule has 0 saturated heterocycles. The number of aryl methyl sites for hydroxylation is 2. The SMILES string of the molecule is CC(C)(C)c1cc(CCc2ccccc2NC(=O)NC2CC2)cc(C(C)(C)C)c1O. The molecule has 1 fully saturated rings. The van der Waals surface area contributed by atoms with Crippen molar-refractivity contribution in [3.8, 4) is 5.75 Å². The number of hydrogen-bond donors (Lipinski definition) is 3. The summed E-state index contributed by atoms with van der Waals surface area (Å²) in [6, 6.07) is 12.5. The second-order valence-corrected chi connectivity index (χ2v) is 10.6. The van der Waals surface area contributed by atoms with Gasteiger partial charge in [0.05, 0.1) is 0 Å². The van der Waals surface area contributed by atoms with E-state index in [0.717, 1.165) is 48.1 Å². The second-order valence-electron chi connectivity index (χ2n) is 10.6. The lowest BCUT2D eigenvalue weighted by Crippen LogP contribution is -2.30. The molecule has 0 radical (unpaired) electrons. The topological polar surface area (TPSA) is 61.4 Å². The average Bonchev–Trinajstić information content (AvgIpc) is 3.43. The van der Waals surface area contributed by atoms with Crippen molar-refractivity contribution in [1.82, 2.24) is 5.32 Å². The third-order valence-electron chi connectivity index (χ3n) is 5.65. The Morgan fingerprint density at radius 2 is 1.53 bits per heavy atom. The highest BCUT2D eigenvalue weighted by Crippen LogP contribution is 2.40. The predicted molar refractivity (Wildman–Crippen MR) is 125 cm³/mol. The Morgan fingerprint density at radius 3 is 2.07 bits per heavy atom. The molecule has 0 unspecified atom stereocenters. The summed E-state index contributed by atoms with van der Waals surface area (Å²) in [4.78, 5) is 12.2. The van der Waals surface area contributed by atoms with Crippen molar-refractivity contribution in [2.45, 2.75) is 84.1 Å². The van der Waals surface area contributed by atoms with E-state index < -0.39 is 0 Å². The number of anilines is 1. The summed E-state index contributed by atoms with van der Waals surface area (Å²) in [7, 11) is 0. The van der Waals surface area contributed by atoms with Crippen LogP contribution in [0.25, 0.3) is 0 Å². The second kappa shape index (κ2) is 8.33. The first-order chi connectivity index (χ1) is 13.9. The smallest absolute Gasteiger partial charge is 0.319 e. The maximum absolute atomic E-state index is 12.2. The molecular weight excluding hydrogens is 372 g/mol. The number of carbonyl (C=O) groups is 1. The standard InChI is InChI=1S/C26H36N2O2/c1-25(2,3)20-15-17(16-21(23(20)29)26(4,5)6)11-12-18-9-7-8-10-22(18)28-24(30)27-19-13-14-19/h7-10,15-16,19,29H,11-14H2,1-6H3,(H2,27,28,30). The first-order valence-corrected chi connectivity index (χ1v) is 11.0. The summed E-state index contributed by atoms with van der Waals surface area (Å²) in [5.74, 6) is 0.414. The van der Waals surface area contributed by atoms with Crippen molar-refractivity contribution in [2.24, 2.45) is 0 Å². The van der Waals surface area contributed by atoms with Gasteiger partial charge in [0, 0.05) is 11.7 Å². The molecule has 0 spiro atoms. The number of amides is 2. The van der Waals surface area contributed by atoms with Crippen molar-refractivity contribution < 1.29 is 9.90 Å². The first-order valence-electron chi connectivity index (χ1n) is 11.0. The molecule has 0 aliphatic heterocycles. The Bertz CT molecular complexity index is 880. The Hall–Kier alpha value is -2.49. The molecule has 0 aromatic heterocycles. The third kappa shape index (κ3) is 5.56. The van der Waals surface area contributed by atoms with Crippen molar-refractivity contribution in [1.29, 1.82) is 0 Å². The predicted octanol–water partition coefficient (Wildman–Crippen LogP) is 6.06. The normalized spacial score (nSPS) is 14.5. The van der Waals surface area contributed by atoms with Gasteiger partial charge in [-0.3, -0.25) is 0 Å². The van der Waals surface area contributed by atoms with Crippen LogP contribution in [0, 0.1) is 0 Å². The highest BCUT2D eigenvalue weighted by atomic mass is 16.3. The number of benzene rings is 2.